The second kappa shape index (κ2) is 11.4. The van der Waals surface area contributed by atoms with Crippen molar-refractivity contribution in [1.82, 2.24) is 5.32 Å². The zero-order valence-electron chi connectivity index (χ0n) is 16.8. The van der Waals surface area contributed by atoms with Gasteiger partial charge in [0.25, 0.3) is 0 Å². The van der Waals surface area contributed by atoms with E-state index in [0.29, 0.717) is 16.0 Å². The van der Waals surface area contributed by atoms with Crippen molar-refractivity contribution in [1.29, 1.82) is 0 Å². The van der Waals surface area contributed by atoms with Crippen LogP contribution in [0.5, 0.6) is 11.5 Å². The number of carbonyl (C=O) groups is 2. The summed E-state index contributed by atoms with van der Waals surface area (Å²) in [5, 5.41) is 2.79. The molecule has 0 aliphatic carbocycles. The Kier molecular flexibility index (Phi) is 8.91. The van der Waals surface area contributed by atoms with Gasteiger partial charge in [0, 0.05) is 10.9 Å². The molecule has 0 saturated carbocycles. The number of nitrogens with one attached hydrogen (secondary N) is 1. The van der Waals surface area contributed by atoms with E-state index in [0.717, 1.165) is 0 Å². The molecule has 0 radical (unpaired) electrons. The van der Waals surface area contributed by atoms with Gasteiger partial charge in [-0.15, -0.1) is 11.8 Å². The van der Waals surface area contributed by atoms with E-state index in [9.17, 15) is 18.4 Å². The largest absolute Gasteiger partial charge is 0.493 e. The number of halogens is 2. The molecule has 0 saturated heterocycles. The highest BCUT2D eigenvalue weighted by Crippen LogP contribution is 2.30. The van der Waals surface area contributed by atoms with Gasteiger partial charge in [-0.05, 0) is 43.7 Å². The summed E-state index contributed by atoms with van der Waals surface area (Å²) in [5.41, 5.74) is 0.882. The Morgan fingerprint density at radius 2 is 1.83 bits per heavy atom. The molecule has 162 valence electrons. The summed E-state index contributed by atoms with van der Waals surface area (Å²) in [4.78, 5) is 25.0. The summed E-state index contributed by atoms with van der Waals surface area (Å²) in [6.07, 6.45) is 0. The van der Waals surface area contributed by atoms with Crippen LogP contribution in [0, 0.1) is 0 Å². The molecule has 1 amide bonds. The molecule has 2 aromatic rings. The molecule has 1 N–H and O–H groups in total. The maximum absolute atomic E-state index is 12.5. The van der Waals surface area contributed by atoms with E-state index in [1.165, 1.54) is 37.1 Å². The Morgan fingerprint density at radius 1 is 1.10 bits per heavy atom. The highest BCUT2D eigenvalue weighted by molar-refractivity contribution is 8.00. The van der Waals surface area contributed by atoms with Gasteiger partial charge in [-0.25, -0.2) is 4.79 Å². The van der Waals surface area contributed by atoms with E-state index < -0.39 is 12.6 Å². The summed E-state index contributed by atoms with van der Waals surface area (Å²) in [6.45, 7) is 0.681. The van der Waals surface area contributed by atoms with E-state index >= 15 is 0 Å². The fourth-order valence-electron chi connectivity index (χ4n) is 2.49. The zero-order valence-corrected chi connectivity index (χ0v) is 17.6. The standard InChI is InChI=1S/C21H23F2NO5S/c1-13(2)24-19(25)12-30-18-7-5-4-6-15(18)20(26)28-11-14-8-9-16(29-21(22)23)17(10-14)27-3/h4-10,13,21H,11-12H2,1-3H3,(H,24,25). The van der Waals surface area contributed by atoms with Crippen molar-refractivity contribution in [2.45, 2.75) is 38.0 Å². The number of alkyl halides is 2. The predicted octanol–water partition coefficient (Wildman–Crippen LogP) is 4.27. The molecule has 30 heavy (non-hydrogen) atoms. The number of rotatable bonds is 10. The lowest BCUT2D eigenvalue weighted by molar-refractivity contribution is -0.119. The van der Waals surface area contributed by atoms with Crippen LogP contribution in [0.1, 0.15) is 29.8 Å². The smallest absolute Gasteiger partial charge is 0.387 e. The lowest BCUT2D eigenvalue weighted by atomic mass is 10.2. The minimum atomic E-state index is -2.97. The van der Waals surface area contributed by atoms with E-state index in [1.54, 1.807) is 24.3 Å². The first kappa shape index (κ1) is 23.5. The average Bonchev–Trinajstić information content (AvgIpc) is 2.70. The molecular formula is C21H23F2NO5S. The number of ether oxygens (including phenoxy) is 3. The molecular weight excluding hydrogens is 416 g/mol. The molecule has 2 aromatic carbocycles. The van der Waals surface area contributed by atoms with Gasteiger partial charge in [0.05, 0.1) is 18.4 Å². The van der Waals surface area contributed by atoms with Crippen LogP contribution >= 0.6 is 11.8 Å². The van der Waals surface area contributed by atoms with Crippen LogP contribution in [0.3, 0.4) is 0 Å². The van der Waals surface area contributed by atoms with Crippen molar-refractivity contribution < 1.29 is 32.6 Å². The van der Waals surface area contributed by atoms with Gasteiger partial charge in [-0.1, -0.05) is 18.2 Å². The number of esters is 1. The lowest BCUT2D eigenvalue weighted by Gasteiger charge is -2.13. The number of carbonyl (C=O) groups excluding carboxylic acids is 2. The first-order chi connectivity index (χ1) is 14.3. The van der Waals surface area contributed by atoms with Crippen LogP contribution in [-0.4, -0.2) is 37.4 Å². The van der Waals surface area contributed by atoms with Gasteiger partial charge >= 0.3 is 12.6 Å². The Labute approximate surface area is 177 Å². The maximum Gasteiger partial charge on any atom is 0.387 e. The number of hydrogen-bond acceptors (Lipinski definition) is 6. The van der Waals surface area contributed by atoms with Gasteiger partial charge in [-0.3, -0.25) is 4.79 Å². The SMILES string of the molecule is COc1cc(COC(=O)c2ccccc2SCC(=O)NC(C)C)ccc1OC(F)F. The molecule has 0 bridgehead atoms. The van der Waals surface area contributed by atoms with Gasteiger partial charge < -0.3 is 19.5 Å². The normalized spacial score (nSPS) is 10.8. The fourth-order valence-corrected chi connectivity index (χ4v) is 3.34. The van der Waals surface area contributed by atoms with E-state index in [1.807, 2.05) is 13.8 Å². The van der Waals surface area contributed by atoms with Crippen molar-refractivity contribution >= 4 is 23.6 Å². The number of benzene rings is 2. The van der Waals surface area contributed by atoms with Crippen molar-refractivity contribution in [3.05, 3.63) is 53.6 Å². The third-order valence-corrected chi connectivity index (χ3v) is 4.80. The molecule has 9 heteroatoms. The van der Waals surface area contributed by atoms with Crippen LogP contribution in [0.2, 0.25) is 0 Å². The summed E-state index contributed by atoms with van der Waals surface area (Å²) < 4.78 is 39.6. The monoisotopic (exact) mass is 439 g/mol. The maximum atomic E-state index is 12.5. The number of amides is 1. The quantitative estimate of drug-likeness (QED) is 0.440. The second-order valence-electron chi connectivity index (χ2n) is 6.45. The Bertz CT molecular complexity index is 876. The molecule has 0 atom stereocenters. The Balaban J connectivity index is 2.02. The van der Waals surface area contributed by atoms with Crippen LogP contribution in [0.25, 0.3) is 0 Å². The molecule has 0 unspecified atom stereocenters. The molecule has 6 nitrogen and oxygen atoms in total. The van der Waals surface area contributed by atoms with Crippen molar-refractivity contribution in [2.75, 3.05) is 12.9 Å². The number of methoxy groups -OCH3 is 1. The van der Waals surface area contributed by atoms with Crippen LogP contribution < -0.4 is 14.8 Å². The number of hydrogen-bond donors (Lipinski definition) is 1. The molecule has 2 rings (SSSR count). The molecule has 0 aliphatic heterocycles. The Morgan fingerprint density at radius 3 is 2.50 bits per heavy atom. The van der Waals surface area contributed by atoms with Crippen LogP contribution in [-0.2, 0) is 16.1 Å². The summed E-state index contributed by atoms with van der Waals surface area (Å²) >= 11 is 1.24. The molecule has 0 spiro atoms. The van der Waals surface area contributed by atoms with E-state index in [4.69, 9.17) is 9.47 Å². The van der Waals surface area contributed by atoms with Crippen molar-refractivity contribution in [3.8, 4) is 11.5 Å². The summed E-state index contributed by atoms with van der Waals surface area (Å²) in [7, 11) is 1.33. The van der Waals surface area contributed by atoms with Crippen molar-refractivity contribution in [2.24, 2.45) is 0 Å². The third-order valence-electron chi connectivity index (χ3n) is 3.73. The molecule has 0 heterocycles. The van der Waals surface area contributed by atoms with Crippen LogP contribution in [0.4, 0.5) is 8.78 Å². The highest BCUT2D eigenvalue weighted by atomic mass is 32.2. The van der Waals surface area contributed by atoms with E-state index in [2.05, 4.69) is 10.1 Å². The minimum Gasteiger partial charge on any atom is -0.493 e. The highest BCUT2D eigenvalue weighted by Gasteiger charge is 2.16. The van der Waals surface area contributed by atoms with Gasteiger partial charge in [-0.2, -0.15) is 8.78 Å². The molecule has 0 aromatic heterocycles. The number of thioether (sulfide) groups is 1. The average molecular weight is 439 g/mol. The lowest BCUT2D eigenvalue weighted by Crippen LogP contribution is -2.31. The topological polar surface area (TPSA) is 73.9 Å². The molecule has 0 aliphatic rings. The first-order valence-corrected chi connectivity index (χ1v) is 10.1. The third kappa shape index (κ3) is 7.22. The van der Waals surface area contributed by atoms with Gasteiger partial charge in [0.15, 0.2) is 11.5 Å². The zero-order chi connectivity index (χ0) is 22.1. The van der Waals surface area contributed by atoms with Gasteiger partial charge in [0.2, 0.25) is 5.91 Å². The second-order valence-corrected chi connectivity index (χ2v) is 7.46. The summed E-state index contributed by atoms with van der Waals surface area (Å²) in [5.74, 6) is -0.517. The Hall–Kier alpha value is -2.81. The fraction of sp³-hybridized carbons (Fsp3) is 0.333. The summed E-state index contributed by atoms with van der Waals surface area (Å²) in [6, 6.07) is 11.2. The van der Waals surface area contributed by atoms with E-state index in [-0.39, 0.29) is 35.8 Å². The molecule has 0 fully saturated rings. The van der Waals surface area contributed by atoms with Gasteiger partial charge in [0.1, 0.15) is 6.61 Å². The van der Waals surface area contributed by atoms with Crippen LogP contribution in [0.15, 0.2) is 47.4 Å². The predicted molar refractivity (Wildman–Crippen MR) is 109 cm³/mol. The minimum absolute atomic E-state index is 0.0350. The van der Waals surface area contributed by atoms with Crippen molar-refractivity contribution in [3.63, 3.8) is 0 Å². The first-order valence-electron chi connectivity index (χ1n) is 9.10.